The van der Waals surface area contributed by atoms with Gasteiger partial charge in [-0.15, -0.1) is 0 Å². The molecule has 1 aromatic rings. The van der Waals surface area contributed by atoms with Gasteiger partial charge in [-0.05, 0) is 36.8 Å². The third-order valence-electron chi connectivity index (χ3n) is 4.70. The molecule has 0 bridgehead atoms. The third-order valence-corrected chi connectivity index (χ3v) is 4.70. The number of guanidine groups is 1. The monoisotopic (exact) mass is 323 g/mol. The van der Waals surface area contributed by atoms with E-state index in [2.05, 4.69) is 21.6 Å². The highest BCUT2D eigenvalue weighted by atomic mass is 19.3. The Bertz CT molecular complexity index is 571. The van der Waals surface area contributed by atoms with Crippen LogP contribution in [0.4, 0.5) is 8.78 Å². The van der Waals surface area contributed by atoms with Crippen molar-refractivity contribution in [2.45, 2.75) is 44.8 Å². The van der Waals surface area contributed by atoms with Crippen molar-refractivity contribution in [2.24, 2.45) is 16.6 Å². The fourth-order valence-corrected chi connectivity index (χ4v) is 3.14. The highest BCUT2D eigenvalue weighted by Crippen LogP contribution is 2.47. The third kappa shape index (κ3) is 3.92. The van der Waals surface area contributed by atoms with Crippen molar-refractivity contribution in [1.29, 1.82) is 0 Å². The zero-order chi connectivity index (χ0) is 16.4. The number of rotatable bonds is 4. The summed E-state index contributed by atoms with van der Waals surface area (Å²) in [6.07, 6.45) is 3.10. The lowest BCUT2D eigenvalue weighted by atomic mass is 10.00. The Morgan fingerprint density at radius 2 is 2.00 bits per heavy atom. The number of piperidine rings is 1. The first-order valence-corrected chi connectivity index (χ1v) is 8.16. The first kappa shape index (κ1) is 16.0. The van der Waals surface area contributed by atoms with Gasteiger partial charge in [-0.2, -0.15) is 8.78 Å². The van der Waals surface area contributed by atoms with Crippen LogP contribution in [0, 0.1) is 5.92 Å². The summed E-state index contributed by atoms with van der Waals surface area (Å²) in [5.74, 6) is 1.69. The number of nitrogens with two attached hydrogens (primary N) is 1. The smallest absolute Gasteiger partial charge is 0.387 e. The van der Waals surface area contributed by atoms with Crippen molar-refractivity contribution in [3.05, 3.63) is 29.8 Å². The first-order chi connectivity index (χ1) is 11.0. The van der Waals surface area contributed by atoms with Gasteiger partial charge in [0.1, 0.15) is 5.75 Å². The summed E-state index contributed by atoms with van der Waals surface area (Å²) in [6.45, 7) is 1.33. The standard InChI is InChI=1S/C17H23F2N3O/c1-11-6-8-22(9-7-11)17(20)21-14-10-13(14)12-4-2-3-5-15(12)23-16(18)19/h2-5,11,13-14,16H,6-10H2,1H3,(H2,20,21)/t13-,14+/m1/s1. The summed E-state index contributed by atoms with van der Waals surface area (Å²) in [6, 6.07) is 7.01. The highest BCUT2D eigenvalue weighted by Gasteiger charge is 2.41. The molecule has 23 heavy (non-hydrogen) atoms. The number of benzene rings is 1. The molecule has 1 heterocycles. The molecule has 126 valence electrons. The second kappa shape index (κ2) is 6.72. The maximum atomic E-state index is 12.5. The SMILES string of the molecule is CC1CCN(C(N)=N[C@H]2C[C@@H]2c2ccccc2OC(F)F)CC1. The molecule has 3 rings (SSSR count). The maximum absolute atomic E-state index is 12.5. The fourth-order valence-electron chi connectivity index (χ4n) is 3.14. The van der Waals surface area contributed by atoms with Crippen LogP contribution in [0.1, 0.15) is 37.7 Å². The number of likely N-dealkylation sites (tertiary alicyclic amines) is 1. The van der Waals surface area contributed by atoms with Crippen molar-refractivity contribution < 1.29 is 13.5 Å². The van der Waals surface area contributed by atoms with Gasteiger partial charge in [0.05, 0.1) is 6.04 Å². The van der Waals surface area contributed by atoms with Gasteiger partial charge in [-0.25, -0.2) is 4.99 Å². The zero-order valence-corrected chi connectivity index (χ0v) is 13.3. The Hall–Kier alpha value is -1.85. The van der Waals surface area contributed by atoms with Crippen molar-refractivity contribution in [1.82, 2.24) is 4.90 Å². The van der Waals surface area contributed by atoms with Crippen molar-refractivity contribution in [2.75, 3.05) is 13.1 Å². The molecule has 0 amide bonds. The minimum atomic E-state index is -2.81. The van der Waals surface area contributed by atoms with E-state index in [1.807, 2.05) is 12.1 Å². The minimum absolute atomic E-state index is 0.0665. The van der Waals surface area contributed by atoms with E-state index in [0.717, 1.165) is 43.8 Å². The number of alkyl halides is 2. The summed E-state index contributed by atoms with van der Waals surface area (Å²) in [4.78, 5) is 6.71. The molecule has 2 aliphatic rings. The lowest BCUT2D eigenvalue weighted by Crippen LogP contribution is -2.42. The summed E-state index contributed by atoms with van der Waals surface area (Å²) < 4.78 is 29.6. The van der Waals surface area contributed by atoms with Crippen LogP contribution in [-0.4, -0.2) is 36.6 Å². The van der Waals surface area contributed by atoms with E-state index in [1.165, 1.54) is 0 Å². The van der Waals surface area contributed by atoms with Crippen LogP contribution < -0.4 is 10.5 Å². The van der Waals surface area contributed by atoms with Gasteiger partial charge >= 0.3 is 6.61 Å². The topological polar surface area (TPSA) is 50.8 Å². The molecule has 1 saturated carbocycles. The van der Waals surface area contributed by atoms with Gasteiger partial charge in [0, 0.05) is 19.0 Å². The predicted octanol–water partition coefficient (Wildman–Crippen LogP) is 3.19. The number of aliphatic imine (C=N–C) groups is 1. The molecule has 1 aliphatic heterocycles. The molecule has 1 saturated heterocycles. The van der Waals surface area contributed by atoms with Gasteiger partial charge in [0.2, 0.25) is 0 Å². The molecule has 0 unspecified atom stereocenters. The molecule has 6 heteroatoms. The number of para-hydroxylation sites is 1. The van der Waals surface area contributed by atoms with Crippen molar-refractivity contribution in [3.8, 4) is 5.75 Å². The second-order valence-corrected chi connectivity index (χ2v) is 6.48. The number of nitrogens with zero attached hydrogens (tertiary/aromatic N) is 2. The van der Waals surface area contributed by atoms with E-state index in [9.17, 15) is 8.78 Å². The lowest BCUT2D eigenvalue weighted by molar-refractivity contribution is -0.0504. The Kier molecular flexibility index (Phi) is 4.68. The number of hydrogen-bond acceptors (Lipinski definition) is 2. The van der Waals surface area contributed by atoms with Gasteiger partial charge in [-0.3, -0.25) is 0 Å². The average Bonchev–Trinajstić information content (AvgIpc) is 3.26. The Balaban J connectivity index is 1.64. The fraction of sp³-hybridized carbons (Fsp3) is 0.588. The Labute approximate surface area is 135 Å². The molecular formula is C17H23F2N3O. The molecule has 2 N–H and O–H groups in total. The van der Waals surface area contributed by atoms with Crippen LogP contribution in [0.15, 0.2) is 29.3 Å². The second-order valence-electron chi connectivity index (χ2n) is 6.48. The van der Waals surface area contributed by atoms with E-state index in [1.54, 1.807) is 12.1 Å². The quantitative estimate of drug-likeness (QED) is 0.684. The number of halogens is 2. The Morgan fingerprint density at radius 1 is 1.30 bits per heavy atom. The average molecular weight is 323 g/mol. The molecule has 0 radical (unpaired) electrons. The highest BCUT2D eigenvalue weighted by molar-refractivity contribution is 5.78. The van der Waals surface area contributed by atoms with Crippen LogP contribution in [0.2, 0.25) is 0 Å². The summed E-state index contributed by atoms with van der Waals surface area (Å²) in [5.41, 5.74) is 6.91. The van der Waals surface area contributed by atoms with Gasteiger partial charge in [-0.1, -0.05) is 25.1 Å². The largest absolute Gasteiger partial charge is 0.435 e. The lowest BCUT2D eigenvalue weighted by Gasteiger charge is -2.31. The Morgan fingerprint density at radius 3 is 2.70 bits per heavy atom. The van der Waals surface area contributed by atoms with Crippen molar-refractivity contribution in [3.63, 3.8) is 0 Å². The van der Waals surface area contributed by atoms with Crippen LogP contribution in [0.5, 0.6) is 5.75 Å². The van der Waals surface area contributed by atoms with Crippen molar-refractivity contribution >= 4 is 5.96 Å². The number of hydrogen-bond donors (Lipinski definition) is 1. The van der Waals surface area contributed by atoms with E-state index in [4.69, 9.17) is 5.73 Å². The summed E-state index contributed by atoms with van der Waals surface area (Å²) in [7, 11) is 0. The molecular weight excluding hydrogens is 300 g/mol. The molecule has 2 atom stereocenters. The van der Waals surface area contributed by atoms with Gasteiger partial charge in [0.15, 0.2) is 5.96 Å². The van der Waals surface area contributed by atoms with E-state index in [-0.39, 0.29) is 17.7 Å². The predicted molar refractivity (Wildman–Crippen MR) is 85.8 cm³/mol. The maximum Gasteiger partial charge on any atom is 0.387 e. The molecule has 1 aromatic carbocycles. The minimum Gasteiger partial charge on any atom is -0.435 e. The van der Waals surface area contributed by atoms with E-state index >= 15 is 0 Å². The zero-order valence-electron chi connectivity index (χ0n) is 13.3. The van der Waals surface area contributed by atoms with Gasteiger partial charge < -0.3 is 15.4 Å². The molecule has 1 aliphatic carbocycles. The molecule has 2 fully saturated rings. The van der Waals surface area contributed by atoms with Gasteiger partial charge in [0.25, 0.3) is 0 Å². The summed E-state index contributed by atoms with van der Waals surface area (Å²) in [5, 5.41) is 0. The van der Waals surface area contributed by atoms with Crippen LogP contribution in [0.3, 0.4) is 0 Å². The number of ether oxygens (including phenoxy) is 1. The molecule has 4 nitrogen and oxygen atoms in total. The van der Waals surface area contributed by atoms with E-state index in [0.29, 0.717) is 5.96 Å². The molecule has 0 aromatic heterocycles. The van der Waals surface area contributed by atoms with Crippen LogP contribution in [-0.2, 0) is 0 Å². The normalized spacial score (nSPS) is 25.7. The van der Waals surface area contributed by atoms with Crippen LogP contribution in [0.25, 0.3) is 0 Å². The first-order valence-electron chi connectivity index (χ1n) is 8.16. The summed E-state index contributed by atoms with van der Waals surface area (Å²) >= 11 is 0. The van der Waals surface area contributed by atoms with E-state index < -0.39 is 6.61 Å². The molecule has 0 spiro atoms. The van der Waals surface area contributed by atoms with Crippen LogP contribution >= 0.6 is 0 Å².